The van der Waals surface area contributed by atoms with Gasteiger partial charge in [-0.3, -0.25) is 14.4 Å². The molecule has 2 heterocycles. The Morgan fingerprint density at radius 3 is 2.48 bits per heavy atom. The topological polar surface area (TPSA) is 101 Å². The van der Waals surface area contributed by atoms with E-state index in [0.717, 1.165) is 38.5 Å². The van der Waals surface area contributed by atoms with Crippen molar-refractivity contribution in [3.05, 3.63) is 24.0 Å². The van der Waals surface area contributed by atoms with Crippen LogP contribution < -0.4 is 16.0 Å². The summed E-state index contributed by atoms with van der Waals surface area (Å²) in [6.07, 6.45) is 9.66. The van der Waals surface area contributed by atoms with Crippen LogP contribution in [0.4, 0.5) is 0 Å². The summed E-state index contributed by atoms with van der Waals surface area (Å²) in [6, 6.07) is 3.37. The van der Waals surface area contributed by atoms with Crippen LogP contribution >= 0.6 is 0 Å². The first-order valence-corrected chi connectivity index (χ1v) is 11.7. The minimum absolute atomic E-state index is 0.0630. The molecule has 0 radical (unpaired) electrons. The fourth-order valence-corrected chi connectivity index (χ4v) is 4.66. The molecule has 0 spiro atoms. The van der Waals surface area contributed by atoms with Crippen LogP contribution in [0.3, 0.4) is 0 Å². The number of carbonyl (C=O) groups excluding carboxylic acids is 3. The molecule has 1 aromatic rings. The van der Waals surface area contributed by atoms with Gasteiger partial charge in [-0.25, -0.2) is 0 Å². The van der Waals surface area contributed by atoms with Crippen molar-refractivity contribution in [2.45, 2.75) is 82.5 Å². The van der Waals surface area contributed by atoms with Gasteiger partial charge in [0.1, 0.15) is 5.69 Å². The zero-order chi connectivity index (χ0) is 21.8. The molecule has 1 aliphatic heterocycles. The largest absolute Gasteiger partial charge is 0.377 e. The Morgan fingerprint density at radius 1 is 1.06 bits per heavy atom. The standard InChI is InChI=1S/C23H34N4O4/c1-15(24-22(29)16-6-3-2-4-7-16)12-21(28)25-18-13-31-14-19(18)26-23(30)20-8-5-11-27(20)17-9-10-17/h5,8,11,15-19H,2-4,6-7,9-10,12-14H2,1H3,(H,24,29)(H,25,28)(H,26,30)/t15?,18-,19+/m1/s1. The van der Waals surface area contributed by atoms with Gasteiger partial charge in [0.05, 0.1) is 25.3 Å². The Morgan fingerprint density at radius 2 is 1.77 bits per heavy atom. The third kappa shape index (κ3) is 5.67. The van der Waals surface area contributed by atoms with Gasteiger partial charge < -0.3 is 25.3 Å². The summed E-state index contributed by atoms with van der Waals surface area (Å²) in [5, 5.41) is 8.98. The molecule has 2 saturated carbocycles. The van der Waals surface area contributed by atoms with Gasteiger partial charge >= 0.3 is 0 Å². The van der Waals surface area contributed by atoms with Crippen molar-refractivity contribution in [2.75, 3.05) is 13.2 Å². The zero-order valence-corrected chi connectivity index (χ0v) is 18.3. The first-order valence-electron chi connectivity index (χ1n) is 11.7. The van der Waals surface area contributed by atoms with E-state index in [1.165, 1.54) is 6.42 Å². The van der Waals surface area contributed by atoms with Crippen molar-refractivity contribution in [3.63, 3.8) is 0 Å². The molecular formula is C23H34N4O4. The summed E-state index contributed by atoms with van der Waals surface area (Å²) in [4.78, 5) is 37.7. The molecule has 3 N–H and O–H groups in total. The fraction of sp³-hybridized carbons (Fsp3) is 0.696. The minimum Gasteiger partial charge on any atom is -0.377 e. The minimum atomic E-state index is -0.276. The average molecular weight is 431 g/mol. The van der Waals surface area contributed by atoms with Crippen LogP contribution in [0.2, 0.25) is 0 Å². The predicted molar refractivity (Wildman–Crippen MR) is 116 cm³/mol. The lowest BCUT2D eigenvalue weighted by molar-refractivity contribution is -0.127. The molecule has 0 bridgehead atoms. The maximum atomic E-state index is 12.7. The molecule has 4 rings (SSSR count). The van der Waals surface area contributed by atoms with E-state index in [4.69, 9.17) is 4.74 Å². The number of nitrogens with zero attached hydrogens (tertiary/aromatic N) is 1. The molecule has 1 saturated heterocycles. The van der Waals surface area contributed by atoms with E-state index in [1.807, 2.05) is 29.8 Å². The van der Waals surface area contributed by atoms with E-state index in [2.05, 4.69) is 16.0 Å². The lowest BCUT2D eigenvalue weighted by Gasteiger charge is -2.24. The number of aromatic nitrogens is 1. The van der Waals surface area contributed by atoms with E-state index in [9.17, 15) is 14.4 Å². The van der Waals surface area contributed by atoms with E-state index in [0.29, 0.717) is 24.9 Å². The van der Waals surface area contributed by atoms with Gasteiger partial charge in [0.15, 0.2) is 0 Å². The Hall–Kier alpha value is -2.35. The summed E-state index contributed by atoms with van der Waals surface area (Å²) in [5.41, 5.74) is 0.651. The third-order valence-electron chi connectivity index (χ3n) is 6.55. The number of amides is 3. The number of hydrogen-bond donors (Lipinski definition) is 3. The molecule has 3 amide bonds. The van der Waals surface area contributed by atoms with Crippen LogP contribution in [0.25, 0.3) is 0 Å². The maximum Gasteiger partial charge on any atom is 0.268 e. The molecular weight excluding hydrogens is 396 g/mol. The smallest absolute Gasteiger partial charge is 0.268 e. The molecule has 8 heteroatoms. The van der Waals surface area contributed by atoms with E-state index in [-0.39, 0.29) is 48.2 Å². The molecule has 8 nitrogen and oxygen atoms in total. The maximum absolute atomic E-state index is 12.7. The van der Waals surface area contributed by atoms with Crippen LogP contribution in [0.15, 0.2) is 18.3 Å². The Balaban J connectivity index is 1.24. The molecule has 0 aromatic carbocycles. The van der Waals surface area contributed by atoms with Crippen molar-refractivity contribution in [1.82, 2.24) is 20.5 Å². The summed E-state index contributed by atoms with van der Waals surface area (Å²) < 4.78 is 7.54. The monoisotopic (exact) mass is 430 g/mol. The lowest BCUT2D eigenvalue weighted by atomic mass is 9.88. The predicted octanol–water partition coefficient (Wildman–Crippen LogP) is 1.91. The molecule has 3 atom stereocenters. The SMILES string of the molecule is CC(CC(=O)N[C@@H]1COC[C@@H]1NC(=O)c1cccn1C1CC1)NC(=O)C1CCCCC1. The van der Waals surface area contributed by atoms with Crippen LogP contribution in [-0.2, 0) is 14.3 Å². The molecule has 1 unspecified atom stereocenters. The van der Waals surface area contributed by atoms with Gasteiger partial charge in [-0.05, 0) is 44.7 Å². The number of ether oxygens (including phenoxy) is 1. The van der Waals surface area contributed by atoms with E-state index < -0.39 is 0 Å². The quantitative estimate of drug-likeness (QED) is 0.586. The van der Waals surface area contributed by atoms with Gasteiger partial charge in [0.2, 0.25) is 11.8 Å². The van der Waals surface area contributed by atoms with E-state index in [1.54, 1.807) is 0 Å². The molecule has 170 valence electrons. The first-order chi connectivity index (χ1) is 15.0. The summed E-state index contributed by atoms with van der Waals surface area (Å²) in [7, 11) is 0. The lowest BCUT2D eigenvalue weighted by Crippen LogP contribution is -2.52. The van der Waals surface area contributed by atoms with Crippen molar-refractivity contribution < 1.29 is 19.1 Å². The summed E-state index contributed by atoms with van der Waals surface area (Å²) in [6.45, 7) is 2.59. The van der Waals surface area contributed by atoms with Crippen LogP contribution in [0, 0.1) is 5.92 Å². The van der Waals surface area contributed by atoms with Gasteiger partial charge in [-0.1, -0.05) is 19.3 Å². The summed E-state index contributed by atoms with van der Waals surface area (Å²) >= 11 is 0. The Kier molecular flexibility index (Phi) is 6.95. The molecule has 3 aliphatic rings. The van der Waals surface area contributed by atoms with E-state index >= 15 is 0 Å². The van der Waals surface area contributed by atoms with Crippen molar-refractivity contribution in [3.8, 4) is 0 Å². The number of carbonyl (C=O) groups is 3. The number of hydrogen-bond acceptors (Lipinski definition) is 4. The van der Waals surface area contributed by atoms with Gasteiger partial charge in [-0.15, -0.1) is 0 Å². The average Bonchev–Trinajstić information content (AvgIpc) is 3.31. The van der Waals surface area contributed by atoms with Crippen LogP contribution in [0.1, 0.15) is 74.8 Å². The highest BCUT2D eigenvalue weighted by atomic mass is 16.5. The van der Waals surface area contributed by atoms with Crippen molar-refractivity contribution >= 4 is 17.7 Å². The molecule has 1 aromatic heterocycles. The van der Waals surface area contributed by atoms with Gasteiger partial charge in [-0.2, -0.15) is 0 Å². The normalized spacial score (nSPS) is 25.1. The van der Waals surface area contributed by atoms with Crippen LogP contribution in [0.5, 0.6) is 0 Å². The van der Waals surface area contributed by atoms with Crippen molar-refractivity contribution in [1.29, 1.82) is 0 Å². The zero-order valence-electron chi connectivity index (χ0n) is 18.3. The van der Waals surface area contributed by atoms with Gasteiger partial charge in [0.25, 0.3) is 5.91 Å². The number of nitrogens with one attached hydrogen (secondary N) is 3. The Labute approximate surface area is 183 Å². The number of rotatable bonds is 8. The van der Waals surface area contributed by atoms with Crippen molar-refractivity contribution in [2.24, 2.45) is 5.92 Å². The highest BCUT2D eigenvalue weighted by Crippen LogP contribution is 2.36. The molecule has 3 fully saturated rings. The highest BCUT2D eigenvalue weighted by molar-refractivity contribution is 5.93. The molecule has 31 heavy (non-hydrogen) atoms. The Bertz CT molecular complexity index is 797. The summed E-state index contributed by atoms with van der Waals surface area (Å²) in [5.74, 6) is -0.142. The second kappa shape index (κ2) is 9.85. The highest BCUT2D eigenvalue weighted by Gasteiger charge is 2.33. The van der Waals surface area contributed by atoms with Gasteiger partial charge in [0, 0.05) is 30.6 Å². The fourth-order valence-electron chi connectivity index (χ4n) is 4.66. The first kappa shape index (κ1) is 21.9. The van der Waals surface area contributed by atoms with Crippen LogP contribution in [-0.4, -0.2) is 53.6 Å². The third-order valence-corrected chi connectivity index (χ3v) is 6.55. The second-order valence-electron chi connectivity index (χ2n) is 9.27. The second-order valence-corrected chi connectivity index (χ2v) is 9.27. The molecule has 2 aliphatic carbocycles.